The number of unbranched alkanes of at least 4 members (excludes halogenated alkanes) is 2. The number of carbonyl (C=O) groups is 1. The maximum Gasteiger partial charge on any atom is 0.151 e. The van der Waals surface area contributed by atoms with Crippen molar-refractivity contribution in [1.82, 2.24) is 4.90 Å². The van der Waals surface area contributed by atoms with Crippen molar-refractivity contribution in [3.63, 3.8) is 0 Å². The molecule has 0 spiro atoms. The topological polar surface area (TPSA) is 97.4 Å². The number of aliphatic hydroxyl groups excluding tert-OH is 1. The summed E-state index contributed by atoms with van der Waals surface area (Å²) < 4.78 is 24.7. The molecular formula is C35H56FN3O4. The van der Waals surface area contributed by atoms with Crippen molar-refractivity contribution < 1.29 is 23.8 Å². The fourth-order valence-electron chi connectivity index (χ4n) is 5.55. The molecule has 0 bridgehead atoms. The van der Waals surface area contributed by atoms with E-state index in [1.54, 1.807) is 13.0 Å². The number of halogens is 1. The third-order valence-corrected chi connectivity index (χ3v) is 8.01. The van der Waals surface area contributed by atoms with E-state index in [9.17, 15) is 9.18 Å². The SMILES string of the molecule is C=C(/C(N)=C1\CCCCC1=NCC(C)=O)N1CCC(OCCO)CC1.CCCCCC(CCC)Oc1ccc(F)cc1C. The molecule has 1 aliphatic carbocycles. The molecule has 43 heavy (non-hydrogen) atoms. The Morgan fingerprint density at radius 3 is 2.51 bits per heavy atom. The van der Waals surface area contributed by atoms with Gasteiger partial charge in [0.05, 0.1) is 43.4 Å². The molecule has 3 rings (SSSR count). The van der Waals surface area contributed by atoms with E-state index in [-0.39, 0.29) is 37.0 Å². The lowest BCUT2D eigenvalue weighted by Crippen LogP contribution is -2.38. The average molecular weight is 602 g/mol. The summed E-state index contributed by atoms with van der Waals surface area (Å²) in [5.41, 5.74) is 10.9. The Bertz CT molecular complexity index is 1060. The molecule has 1 atom stereocenters. The Labute approximate surface area is 259 Å². The van der Waals surface area contributed by atoms with Crippen LogP contribution in [0.4, 0.5) is 4.39 Å². The van der Waals surface area contributed by atoms with E-state index in [2.05, 4.69) is 30.3 Å². The molecule has 1 saturated heterocycles. The summed E-state index contributed by atoms with van der Waals surface area (Å²) in [6, 6.07) is 4.74. The third kappa shape index (κ3) is 13.2. The Hall–Kier alpha value is -2.71. The normalized spacial score (nSPS) is 18.6. The first-order chi connectivity index (χ1) is 20.7. The van der Waals surface area contributed by atoms with Crippen LogP contribution in [0.1, 0.15) is 103 Å². The zero-order valence-corrected chi connectivity index (χ0v) is 27.1. The molecule has 1 aliphatic heterocycles. The number of hydrogen-bond acceptors (Lipinski definition) is 7. The van der Waals surface area contributed by atoms with Crippen LogP contribution in [0.2, 0.25) is 0 Å². The van der Waals surface area contributed by atoms with E-state index in [0.717, 1.165) is 105 Å². The second-order valence-electron chi connectivity index (χ2n) is 11.7. The Balaban J connectivity index is 0.000000317. The fraction of sp³-hybridized carbons (Fsp3) is 0.657. The van der Waals surface area contributed by atoms with Crippen LogP contribution in [0.15, 0.2) is 46.7 Å². The molecule has 0 radical (unpaired) electrons. The Morgan fingerprint density at radius 2 is 1.88 bits per heavy atom. The third-order valence-electron chi connectivity index (χ3n) is 8.01. The van der Waals surface area contributed by atoms with Gasteiger partial charge in [-0.2, -0.15) is 0 Å². The van der Waals surface area contributed by atoms with Crippen LogP contribution in [0.3, 0.4) is 0 Å². The minimum absolute atomic E-state index is 0.0638. The first-order valence-corrected chi connectivity index (χ1v) is 16.3. The number of Topliss-reactive ketones (excluding diaryl/α,β-unsaturated/α-hetero) is 1. The van der Waals surface area contributed by atoms with Crippen molar-refractivity contribution in [2.24, 2.45) is 10.7 Å². The van der Waals surface area contributed by atoms with Gasteiger partial charge in [0.25, 0.3) is 0 Å². The van der Waals surface area contributed by atoms with Gasteiger partial charge in [0.2, 0.25) is 0 Å². The zero-order chi connectivity index (χ0) is 31.6. The second kappa shape index (κ2) is 20.3. The van der Waals surface area contributed by atoms with Crippen molar-refractivity contribution in [3.05, 3.63) is 53.1 Å². The predicted octanol–water partition coefficient (Wildman–Crippen LogP) is 7.05. The lowest BCUT2D eigenvalue weighted by atomic mass is 9.90. The molecule has 242 valence electrons. The van der Waals surface area contributed by atoms with Gasteiger partial charge in [-0.1, -0.05) is 39.7 Å². The summed E-state index contributed by atoms with van der Waals surface area (Å²) in [7, 11) is 0. The summed E-state index contributed by atoms with van der Waals surface area (Å²) in [6.07, 6.45) is 13.2. The van der Waals surface area contributed by atoms with Crippen molar-refractivity contribution in [2.45, 2.75) is 117 Å². The highest BCUT2D eigenvalue weighted by molar-refractivity contribution is 6.02. The molecule has 7 nitrogen and oxygen atoms in total. The highest BCUT2D eigenvalue weighted by atomic mass is 19.1. The van der Waals surface area contributed by atoms with E-state index in [1.807, 2.05) is 6.92 Å². The first kappa shape index (κ1) is 36.5. The van der Waals surface area contributed by atoms with Crippen LogP contribution in [-0.4, -0.2) is 66.6 Å². The number of aryl methyl sites for hydroxylation is 1. The number of allylic oxidation sites excluding steroid dienone is 1. The molecule has 8 heteroatoms. The number of benzene rings is 1. The van der Waals surface area contributed by atoms with Crippen LogP contribution in [0.25, 0.3) is 0 Å². The van der Waals surface area contributed by atoms with Crippen molar-refractivity contribution in [1.29, 1.82) is 0 Å². The van der Waals surface area contributed by atoms with E-state index in [0.29, 0.717) is 6.61 Å². The van der Waals surface area contributed by atoms with Gasteiger partial charge in [-0.25, -0.2) is 4.39 Å². The molecule has 2 fully saturated rings. The van der Waals surface area contributed by atoms with Gasteiger partial charge in [-0.15, -0.1) is 0 Å². The molecule has 1 aromatic carbocycles. The van der Waals surface area contributed by atoms with Crippen LogP contribution in [0, 0.1) is 12.7 Å². The van der Waals surface area contributed by atoms with Gasteiger partial charge in [-0.3, -0.25) is 9.79 Å². The minimum Gasteiger partial charge on any atom is -0.490 e. The number of aliphatic imine (C=N–C) groups is 1. The maximum atomic E-state index is 13.0. The van der Waals surface area contributed by atoms with Crippen molar-refractivity contribution in [3.8, 4) is 5.75 Å². The van der Waals surface area contributed by atoms with Crippen molar-refractivity contribution in [2.75, 3.05) is 32.8 Å². The number of hydrogen-bond donors (Lipinski definition) is 2. The Kier molecular flexibility index (Phi) is 17.2. The number of likely N-dealkylation sites (tertiary alicyclic amines) is 1. The average Bonchev–Trinajstić information content (AvgIpc) is 3.00. The lowest BCUT2D eigenvalue weighted by Gasteiger charge is -2.35. The zero-order valence-electron chi connectivity index (χ0n) is 27.1. The lowest BCUT2D eigenvalue weighted by molar-refractivity contribution is -0.115. The number of aliphatic hydroxyl groups is 1. The molecule has 0 amide bonds. The maximum absolute atomic E-state index is 13.0. The minimum atomic E-state index is -0.196. The largest absolute Gasteiger partial charge is 0.490 e. The molecule has 2 aliphatic rings. The predicted molar refractivity (Wildman–Crippen MR) is 174 cm³/mol. The second-order valence-corrected chi connectivity index (χ2v) is 11.7. The molecule has 1 unspecified atom stereocenters. The number of nitrogens with two attached hydrogens (primary N) is 1. The van der Waals surface area contributed by atoms with E-state index in [1.165, 1.54) is 31.4 Å². The number of ether oxygens (including phenoxy) is 2. The van der Waals surface area contributed by atoms with Gasteiger partial charge in [0.1, 0.15) is 11.6 Å². The number of piperidine rings is 1. The van der Waals surface area contributed by atoms with E-state index >= 15 is 0 Å². The summed E-state index contributed by atoms with van der Waals surface area (Å²) >= 11 is 0. The summed E-state index contributed by atoms with van der Waals surface area (Å²) in [4.78, 5) is 17.9. The number of nitrogens with zero attached hydrogens (tertiary/aromatic N) is 2. The first-order valence-electron chi connectivity index (χ1n) is 16.3. The van der Waals surface area contributed by atoms with Gasteiger partial charge in [0, 0.05) is 18.8 Å². The van der Waals surface area contributed by atoms with Crippen LogP contribution < -0.4 is 10.5 Å². The molecule has 1 heterocycles. The molecule has 3 N–H and O–H groups in total. The smallest absolute Gasteiger partial charge is 0.151 e. The number of carbonyl (C=O) groups excluding carboxylic acids is 1. The van der Waals surface area contributed by atoms with Gasteiger partial charge in [-0.05, 0) is 101 Å². The monoisotopic (exact) mass is 601 g/mol. The van der Waals surface area contributed by atoms with Gasteiger partial charge in [0.15, 0.2) is 5.78 Å². The van der Waals surface area contributed by atoms with Crippen LogP contribution >= 0.6 is 0 Å². The molecule has 0 aromatic heterocycles. The molecular weight excluding hydrogens is 545 g/mol. The summed E-state index contributed by atoms with van der Waals surface area (Å²) in [5.74, 6) is 0.698. The highest BCUT2D eigenvalue weighted by Crippen LogP contribution is 2.28. The number of ketones is 1. The summed E-state index contributed by atoms with van der Waals surface area (Å²) in [5, 5.41) is 8.85. The quantitative estimate of drug-likeness (QED) is 0.209. The van der Waals surface area contributed by atoms with E-state index < -0.39 is 0 Å². The molecule has 1 aromatic rings. The summed E-state index contributed by atoms with van der Waals surface area (Å²) in [6.45, 7) is 14.4. The Morgan fingerprint density at radius 1 is 1.16 bits per heavy atom. The van der Waals surface area contributed by atoms with Crippen LogP contribution in [-0.2, 0) is 9.53 Å². The number of rotatable bonds is 15. The van der Waals surface area contributed by atoms with Crippen LogP contribution in [0.5, 0.6) is 5.75 Å². The molecule has 1 saturated carbocycles. The van der Waals surface area contributed by atoms with Crippen molar-refractivity contribution >= 4 is 11.5 Å². The highest BCUT2D eigenvalue weighted by Gasteiger charge is 2.24. The fourth-order valence-corrected chi connectivity index (χ4v) is 5.55. The standard InChI is InChI=1S/C19H31N3O3.C16H25FO/c1-14(24)13-21-18-6-4-3-5-17(18)19(20)15(2)22-9-7-16(8-10-22)25-12-11-23;1-4-6-7-9-15(8-5-2)18-16-11-10-14(17)12-13(16)3/h16,23H,2-13,20H2,1H3;10-12,15H,4-9H2,1-3H3/b19-17-,21-18?;. The van der Waals surface area contributed by atoms with E-state index in [4.69, 9.17) is 20.3 Å². The van der Waals surface area contributed by atoms with Gasteiger partial charge >= 0.3 is 0 Å². The van der Waals surface area contributed by atoms with Gasteiger partial charge < -0.3 is 25.2 Å².